The molecule has 0 atom stereocenters. The highest BCUT2D eigenvalue weighted by molar-refractivity contribution is 5.77. The third-order valence-corrected chi connectivity index (χ3v) is 4.18. The molecule has 30 heavy (non-hydrogen) atoms. The zero-order valence-corrected chi connectivity index (χ0v) is 16.0. The number of methoxy groups -OCH3 is 1. The molecule has 3 aromatic rings. The van der Waals surface area contributed by atoms with Gasteiger partial charge in [-0.3, -0.25) is 15.6 Å². The molecule has 0 fully saturated rings. The Labute approximate surface area is 170 Å². The number of aromatic nitrogens is 2. The second kappa shape index (κ2) is 9.29. The molecule has 1 amide bonds. The average molecular weight is 420 g/mol. The Kier molecular flexibility index (Phi) is 6.55. The number of benzene rings is 2. The molecule has 0 aliphatic rings. The van der Waals surface area contributed by atoms with Gasteiger partial charge in [-0.15, -0.1) is 0 Å². The number of alkyl halides is 3. The number of hydrogen-bond acceptors (Lipinski definition) is 6. The average Bonchev–Trinajstić information content (AvgIpc) is 3.21. The second-order valence-electron chi connectivity index (χ2n) is 6.31. The van der Waals surface area contributed by atoms with Crippen LogP contribution >= 0.6 is 0 Å². The molecule has 0 saturated carbocycles. The number of rotatable bonds is 8. The van der Waals surface area contributed by atoms with Gasteiger partial charge in [0.2, 0.25) is 17.6 Å². The van der Waals surface area contributed by atoms with Gasteiger partial charge in [-0.2, -0.15) is 18.2 Å². The lowest BCUT2D eigenvalue weighted by Crippen LogP contribution is -2.30. The monoisotopic (exact) mass is 420 g/mol. The van der Waals surface area contributed by atoms with Gasteiger partial charge in [0.1, 0.15) is 5.75 Å². The quantitative estimate of drug-likeness (QED) is 0.530. The van der Waals surface area contributed by atoms with Crippen molar-refractivity contribution in [2.75, 3.05) is 12.5 Å². The van der Waals surface area contributed by atoms with Crippen LogP contribution in [-0.2, 0) is 17.4 Å². The largest absolute Gasteiger partial charge is 0.497 e. The van der Waals surface area contributed by atoms with Gasteiger partial charge < -0.3 is 9.26 Å². The smallest absolute Gasteiger partial charge is 0.418 e. The van der Waals surface area contributed by atoms with Gasteiger partial charge in [0.25, 0.3) is 0 Å². The Morgan fingerprint density at radius 2 is 1.87 bits per heavy atom. The van der Waals surface area contributed by atoms with Crippen LogP contribution in [0.4, 0.5) is 18.9 Å². The molecule has 0 aliphatic heterocycles. The molecule has 0 radical (unpaired) electrons. The van der Waals surface area contributed by atoms with E-state index >= 15 is 0 Å². The molecule has 158 valence electrons. The first-order valence-electron chi connectivity index (χ1n) is 9.05. The predicted octanol–water partition coefficient (Wildman–Crippen LogP) is 4.23. The highest BCUT2D eigenvalue weighted by atomic mass is 19.4. The molecule has 0 unspecified atom stereocenters. The van der Waals surface area contributed by atoms with Crippen molar-refractivity contribution in [1.82, 2.24) is 15.6 Å². The molecule has 1 heterocycles. The van der Waals surface area contributed by atoms with Gasteiger partial charge in [-0.1, -0.05) is 17.3 Å². The minimum atomic E-state index is -4.52. The van der Waals surface area contributed by atoms with E-state index in [1.807, 2.05) is 0 Å². The molecule has 10 heteroatoms. The summed E-state index contributed by atoms with van der Waals surface area (Å²) in [5, 5.41) is 3.90. The number of amides is 1. The lowest BCUT2D eigenvalue weighted by molar-refractivity contribution is -0.137. The van der Waals surface area contributed by atoms with Crippen molar-refractivity contribution < 1.29 is 27.2 Å². The number of carbonyl (C=O) groups is 1. The van der Waals surface area contributed by atoms with E-state index in [1.54, 1.807) is 31.4 Å². The van der Waals surface area contributed by atoms with E-state index in [9.17, 15) is 18.0 Å². The summed E-state index contributed by atoms with van der Waals surface area (Å²) in [6.07, 6.45) is -3.70. The van der Waals surface area contributed by atoms with Crippen LogP contribution in [0.1, 0.15) is 24.3 Å². The van der Waals surface area contributed by atoms with Gasteiger partial charge in [-0.05, 0) is 42.8 Å². The maximum atomic E-state index is 12.9. The van der Waals surface area contributed by atoms with Crippen LogP contribution in [-0.4, -0.2) is 23.2 Å². The van der Waals surface area contributed by atoms with E-state index in [0.717, 1.165) is 11.6 Å². The number of ether oxygens (including phenoxy) is 1. The van der Waals surface area contributed by atoms with E-state index in [4.69, 9.17) is 9.26 Å². The number of anilines is 1. The molecular weight excluding hydrogens is 401 g/mol. The molecule has 1 aromatic heterocycles. The second-order valence-corrected chi connectivity index (χ2v) is 6.31. The minimum Gasteiger partial charge on any atom is -0.497 e. The van der Waals surface area contributed by atoms with Crippen molar-refractivity contribution in [1.29, 1.82) is 0 Å². The zero-order chi connectivity index (χ0) is 21.6. The van der Waals surface area contributed by atoms with Crippen LogP contribution < -0.4 is 15.6 Å². The molecule has 2 N–H and O–H groups in total. The number of hydrazine groups is 1. The summed E-state index contributed by atoms with van der Waals surface area (Å²) < 4.78 is 49.1. The maximum absolute atomic E-state index is 12.9. The summed E-state index contributed by atoms with van der Waals surface area (Å²) in [7, 11) is 1.57. The third kappa shape index (κ3) is 5.49. The molecule has 0 saturated heterocycles. The number of nitrogens with one attached hydrogen (secondary N) is 2. The number of para-hydroxylation sites is 1. The minimum absolute atomic E-state index is 0.0709. The first-order valence-corrected chi connectivity index (χ1v) is 9.05. The molecule has 2 aromatic carbocycles. The summed E-state index contributed by atoms with van der Waals surface area (Å²) in [4.78, 5) is 16.2. The van der Waals surface area contributed by atoms with Crippen LogP contribution in [0.2, 0.25) is 0 Å². The molecule has 0 spiro atoms. The molecular formula is C20H19F3N4O3. The lowest BCUT2D eigenvalue weighted by Gasteiger charge is -2.14. The van der Waals surface area contributed by atoms with E-state index in [1.165, 1.54) is 18.2 Å². The van der Waals surface area contributed by atoms with Gasteiger partial charge in [0.05, 0.1) is 18.4 Å². The number of hydrogen-bond donors (Lipinski definition) is 2. The van der Waals surface area contributed by atoms with Crippen LogP contribution in [0.5, 0.6) is 5.75 Å². The SMILES string of the molecule is COc1ccc(-c2noc(CCCC(=O)NNc3ccccc3C(F)(F)F)n2)cc1. The van der Waals surface area contributed by atoms with E-state index in [-0.39, 0.29) is 12.1 Å². The summed E-state index contributed by atoms with van der Waals surface area (Å²) in [6, 6.07) is 12.0. The van der Waals surface area contributed by atoms with Gasteiger partial charge in [0.15, 0.2) is 0 Å². The Balaban J connectivity index is 1.47. The van der Waals surface area contributed by atoms with Crippen molar-refractivity contribution in [2.24, 2.45) is 0 Å². The third-order valence-electron chi connectivity index (χ3n) is 4.18. The van der Waals surface area contributed by atoms with Gasteiger partial charge in [0, 0.05) is 18.4 Å². The molecule has 7 nitrogen and oxygen atoms in total. The molecule has 0 bridgehead atoms. The van der Waals surface area contributed by atoms with Crippen molar-refractivity contribution >= 4 is 11.6 Å². The fourth-order valence-corrected chi connectivity index (χ4v) is 2.65. The zero-order valence-electron chi connectivity index (χ0n) is 16.0. The Morgan fingerprint density at radius 3 is 2.57 bits per heavy atom. The lowest BCUT2D eigenvalue weighted by atomic mass is 10.2. The van der Waals surface area contributed by atoms with Crippen LogP contribution in [0.3, 0.4) is 0 Å². The van der Waals surface area contributed by atoms with Crippen molar-refractivity contribution in [3.8, 4) is 17.1 Å². The van der Waals surface area contributed by atoms with E-state index < -0.39 is 17.6 Å². The Morgan fingerprint density at radius 1 is 1.13 bits per heavy atom. The Bertz CT molecular complexity index is 987. The van der Waals surface area contributed by atoms with Crippen molar-refractivity contribution in [3.63, 3.8) is 0 Å². The van der Waals surface area contributed by atoms with Crippen molar-refractivity contribution in [2.45, 2.75) is 25.4 Å². The summed E-state index contributed by atoms with van der Waals surface area (Å²) in [5.74, 6) is 1.04. The normalized spacial score (nSPS) is 11.2. The first-order chi connectivity index (χ1) is 14.4. The number of aryl methyl sites for hydroxylation is 1. The Hall–Kier alpha value is -3.56. The first kappa shape index (κ1) is 21.2. The number of nitrogens with zero attached hydrogens (tertiary/aromatic N) is 2. The van der Waals surface area contributed by atoms with Gasteiger partial charge >= 0.3 is 6.18 Å². The van der Waals surface area contributed by atoms with Crippen LogP contribution in [0.15, 0.2) is 53.1 Å². The molecule has 3 rings (SSSR count). The summed E-state index contributed by atoms with van der Waals surface area (Å²) in [5.41, 5.74) is 4.27. The summed E-state index contributed by atoms with van der Waals surface area (Å²) >= 11 is 0. The summed E-state index contributed by atoms with van der Waals surface area (Å²) in [6.45, 7) is 0. The highest BCUT2D eigenvalue weighted by Gasteiger charge is 2.33. The fraction of sp³-hybridized carbons (Fsp3) is 0.250. The fourth-order valence-electron chi connectivity index (χ4n) is 2.65. The number of halogens is 3. The number of carbonyl (C=O) groups excluding carboxylic acids is 1. The molecule has 0 aliphatic carbocycles. The topological polar surface area (TPSA) is 89.3 Å². The maximum Gasteiger partial charge on any atom is 0.418 e. The van der Waals surface area contributed by atoms with Crippen LogP contribution in [0, 0.1) is 0 Å². The van der Waals surface area contributed by atoms with Gasteiger partial charge in [-0.25, -0.2) is 0 Å². The predicted molar refractivity (Wildman–Crippen MR) is 102 cm³/mol. The van der Waals surface area contributed by atoms with Crippen LogP contribution in [0.25, 0.3) is 11.4 Å². The van der Waals surface area contributed by atoms with E-state index in [0.29, 0.717) is 30.3 Å². The van der Waals surface area contributed by atoms with E-state index in [2.05, 4.69) is 21.0 Å². The standard InChI is InChI=1S/C20H19F3N4O3/c1-29-14-11-9-13(10-12-14)19-24-18(30-27-19)8-4-7-17(28)26-25-16-6-3-2-5-15(16)20(21,22)23/h2-3,5-6,9-12,25H,4,7-8H2,1H3,(H,26,28). The van der Waals surface area contributed by atoms with Crippen molar-refractivity contribution in [3.05, 3.63) is 60.0 Å². The highest BCUT2D eigenvalue weighted by Crippen LogP contribution is 2.34.